The highest BCUT2D eigenvalue weighted by Crippen LogP contribution is 2.26. The van der Waals surface area contributed by atoms with E-state index in [-0.39, 0.29) is 6.04 Å². The highest BCUT2D eigenvalue weighted by molar-refractivity contribution is 9.10. The average Bonchev–Trinajstić information content (AvgIpc) is 2.39. The predicted molar refractivity (Wildman–Crippen MR) is 80.6 cm³/mol. The lowest BCUT2D eigenvalue weighted by molar-refractivity contribution is 0.506. The van der Waals surface area contributed by atoms with Crippen LogP contribution in [0.15, 0.2) is 34.8 Å². The molecule has 20 heavy (non-hydrogen) atoms. The van der Waals surface area contributed by atoms with Crippen molar-refractivity contribution in [3.63, 3.8) is 0 Å². The third-order valence-electron chi connectivity index (χ3n) is 3.33. The van der Waals surface area contributed by atoms with E-state index in [9.17, 15) is 8.78 Å². The topological polar surface area (TPSA) is 26.0 Å². The molecule has 2 aromatic rings. The Hall–Kier alpha value is -1.26. The number of rotatable bonds is 3. The lowest BCUT2D eigenvalue weighted by Gasteiger charge is -2.15. The normalized spacial score (nSPS) is 12.5. The van der Waals surface area contributed by atoms with E-state index in [1.54, 1.807) is 6.07 Å². The molecule has 106 valence electrons. The molecule has 0 aromatic heterocycles. The number of hydrogen-bond acceptors (Lipinski definition) is 1. The number of aryl methyl sites for hydroxylation is 2. The van der Waals surface area contributed by atoms with E-state index in [1.165, 1.54) is 6.07 Å². The van der Waals surface area contributed by atoms with Crippen molar-refractivity contribution in [2.75, 3.05) is 0 Å². The van der Waals surface area contributed by atoms with Gasteiger partial charge in [0, 0.05) is 10.5 Å². The Kier molecular flexibility index (Phi) is 4.55. The number of halogens is 3. The highest BCUT2D eigenvalue weighted by Gasteiger charge is 2.12. The minimum absolute atomic E-state index is 0.245. The van der Waals surface area contributed by atoms with Crippen LogP contribution in [0.1, 0.15) is 28.3 Å². The molecule has 0 bridgehead atoms. The van der Waals surface area contributed by atoms with Crippen LogP contribution in [-0.4, -0.2) is 0 Å². The summed E-state index contributed by atoms with van der Waals surface area (Å²) in [4.78, 5) is 0. The molecule has 1 atom stereocenters. The molecular formula is C16H16BrF2N. The fourth-order valence-corrected chi connectivity index (χ4v) is 2.46. The third-order valence-corrected chi connectivity index (χ3v) is 4.58. The molecule has 0 saturated carbocycles. The average molecular weight is 340 g/mol. The molecule has 2 N–H and O–H groups in total. The Labute approximate surface area is 125 Å². The van der Waals surface area contributed by atoms with Crippen LogP contribution in [0.5, 0.6) is 0 Å². The van der Waals surface area contributed by atoms with Crippen LogP contribution >= 0.6 is 15.9 Å². The Balaban J connectivity index is 2.23. The fraction of sp³-hybridized carbons (Fsp3) is 0.250. The molecule has 2 rings (SSSR count). The quantitative estimate of drug-likeness (QED) is 0.869. The van der Waals surface area contributed by atoms with Gasteiger partial charge in [0.2, 0.25) is 0 Å². The summed E-state index contributed by atoms with van der Waals surface area (Å²) in [5.74, 6) is -1.67. The molecule has 0 fully saturated rings. The van der Waals surface area contributed by atoms with Gasteiger partial charge in [0.05, 0.1) is 0 Å². The first-order valence-corrected chi connectivity index (χ1v) is 7.14. The van der Waals surface area contributed by atoms with Crippen molar-refractivity contribution >= 4 is 15.9 Å². The molecule has 1 nitrogen and oxygen atoms in total. The second-order valence-electron chi connectivity index (χ2n) is 5.03. The fourth-order valence-electron chi connectivity index (χ4n) is 2.23. The summed E-state index contributed by atoms with van der Waals surface area (Å²) in [6.45, 7) is 4.01. The van der Waals surface area contributed by atoms with Crippen LogP contribution in [0.25, 0.3) is 0 Å². The standard InChI is InChI=1S/C16H16BrF2N/c1-9-5-12(6-10(2)16(9)17)15(20)8-11-3-4-13(18)14(19)7-11/h3-7,15H,8,20H2,1-2H3. The molecule has 0 spiro atoms. The Morgan fingerprint density at radius 2 is 1.65 bits per heavy atom. The third kappa shape index (κ3) is 3.25. The molecule has 0 aliphatic heterocycles. The summed E-state index contributed by atoms with van der Waals surface area (Å²) in [6.07, 6.45) is 0.470. The maximum absolute atomic E-state index is 13.2. The first-order chi connectivity index (χ1) is 9.38. The van der Waals surface area contributed by atoms with Gasteiger partial charge in [-0.1, -0.05) is 34.1 Å². The molecule has 0 aliphatic carbocycles. The van der Waals surface area contributed by atoms with Gasteiger partial charge in [-0.2, -0.15) is 0 Å². The van der Waals surface area contributed by atoms with Crippen LogP contribution in [0.4, 0.5) is 8.78 Å². The zero-order valence-corrected chi connectivity index (χ0v) is 13.0. The van der Waals surface area contributed by atoms with E-state index in [0.717, 1.165) is 27.2 Å². The van der Waals surface area contributed by atoms with E-state index in [0.29, 0.717) is 12.0 Å². The van der Waals surface area contributed by atoms with Gasteiger partial charge in [-0.15, -0.1) is 0 Å². The Morgan fingerprint density at radius 1 is 1.05 bits per heavy atom. The first kappa shape index (κ1) is 15.1. The predicted octanol–water partition coefficient (Wildman–Crippen LogP) is 4.59. The zero-order chi connectivity index (χ0) is 14.9. The van der Waals surface area contributed by atoms with Crippen LogP contribution in [-0.2, 0) is 6.42 Å². The van der Waals surface area contributed by atoms with E-state index in [1.807, 2.05) is 26.0 Å². The van der Waals surface area contributed by atoms with Gasteiger partial charge in [0.25, 0.3) is 0 Å². The van der Waals surface area contributed by atoms with Crippen LogP contribution in [0, 0.1) is 25.5 Å². The minimum atomic E-state index is -0.836. The zero-order valence-electron chi connectivity index (χ0n) is 11.4. The van der Waals surface area contributed by atoms with Crippen molar-refractivity contribution < 1.29 is 8.78 Å². The second kappa shape index (κ2) is 6.02. The van der Waals surface area contributed by atoms with Crippen molar-refractivity contribution in [1.82, 2.24) is 0 Å². The molecule has 2 aromatic carbocycles. The SMILES string of the molecule is Cc1cc(C(N)Cc2ccc(F)c(F)c2)cc(C)c1Br. The number of hydrogen-bond donors (Lipinski definition) is 1. The van der Waals surface area contributed by atoms with Crippen LogP contribution in [0.3, 0.4) is 0 Å². The molecule has 0 aliphatic rings. The first-order valence-electron chi connectivity index (χ1n) is 6.34. The van der Waals surface area contributed by atoms with Gasteiger partial charge in [0.15, 0.2) is 11.6 Å². The van der Waals surface area contributed by atoms with Gasteiger partial charge in [-0.25, -0.2) is 8.78 Å². The summed E-state index contributed by atoms with van der Waals surface area (Å²) in [6, 6.07) is 7.69. The van der Waals surface area contributed by atoms with E-state index in [4.69, 9.17) is 5.73 Å². The van der Waals surface area contributed by atoms with Gasteiger partial charge in [-0.05, 0) is 54.7 Å². The largest absolute Gasteiger partial charge is 0.324 e. The van der Waals surface area contributed by atoms with Crippen molar-refractivity contribution in [2.24, 2.45) is 5.73 Å². The molecule has 4 heteroatoms. The lowest BCUT2D eigenvalue weighted by atomic mass is 9.96. The smallest absolute Gasteiger partial charge is 0.159 e. The lowest BCUT2D eigenvalue weighted by Crippen LogP contribution is -2.14. The molecule has 0 saturated heterocycles. The summed E-state index contributed by atoms with van der Waals surface area (Å²) < 4.78 is 27.2. The molecule has 0 amide bonds. The Morgan fingerprint density at radius 3 is 2.20 bits per heavy atom. The minimum Gasteiger partial charge on any atom is -0.324 e. The molecule has 1 unspecified atom stereocenters. The van der Waals surface area contributed by atoms with E-state index < -0.39 is 11.6 Å². The van der Waals surface area contributed by atoms with E-state index >= 15 is 0 Å². The number of nitrogens with two attached hydrogens (primary N) is 1. The van der Waals surface area contributed by atoms with Gasteiger partial charge in [0.1, 0.15) is 0 Å². The van der Waals surface area contributed by atoms with E-state index in [2.05, 4.69) is 15.9 Å². The molecule has 0 radical (unpaired) electrons. The maximum atomic E-state index is 13.2. The van der Waals surface area contributed by atoms with Crippen molar-refractivity contribution in [3.05, 3.63) is 68.7 Å². The van der Waals surface area contributed by atoms with Gasteiger partial charge >= 0.3 is 0 Å². The summed E-state index contributed by atoms with van der Waals surface area (Å²) >= 11 is 3.51. The Bertz CT molecular complexity index is 617. The summed E-state index contributed by atoms with van der Waals surface area (Å²) in [7, 11) is 0. The summed E-state index contributed by atoms with van der Waals surface area (Å²) in [5.41, 5.74) is 10.1. The van der Waals surface area contributed by atoms with Crippen LogP contribution < -0.4 is 5.73 Å². The maximum Gasteiger partial charge on any atom is 0.159 e. The second-order valence-corrected chi connectivity index (χ2v) is 5.82. The van der Waals surface area contributed by atoms with Crippen molar-refractivity contribution in [3.8, 4) is 0 Å². The van der Waals surface area contributed by atoms with Crippen LogP contribution in [0.2, 0.25) is 0 Å². The number of benzene rings is 2. The van der Waals surface area contributed by atoms with Gasteiger partial charge in [-0.3, -0.25) is 0 Å². The molecular weight excluding hydrogens is 324 g/mol. The summed E-state index contributed by atoms with van der Waals surface area (Å²) in [5, 5.41) is 0. The van der Waals surface area contributed by atoms with Crippen molar-refractivity contribution in [1.29, 1.82) is 0 Å². The molecule has 0 heterocycles. The van der Waals surface area contributed by atoms with Crippen molar-refractivity contribution in [2.45, 2.75) is 26.3 Å². The monoisotopic (exact) mass is 339 g/mol. The van der Waals surface area contributed by atoms with Gasteiger partial charge < -0.3 is 5.73 Å². The highest BCUT2D eigenvalue weighted by atomic mass is 79.9.